The van der Waals surface area contributed by atoms with Gasteiger partial charge in [-0.3, -0.25) is 9.79 Å². The molecule has 1 amide bonds. The van der Waals surface area contributed by atoms with Crippen LogP contribution in [0.2, 0.25) is 0 Å². The number of carbonyl (C=O) groups is 1. The number of amides is 1. The number of nitrogens with zero attached hydrogens (tertiary/aromatic N) is 3. The molecule has 2 aliphatic heterocycles. The van der Waals surface area contributed by atoms with Crippen LogP contribution >= 0.6 is 0 Å². The monoisotopic (exact) mass is 296 g/mol. The highest BCUT2D eigenvalue weighted by Crippen LogP contribution is 2.16. The highest BCUT2D eigenvalue weighted by molar-refractivity contribution is 5.82. The smallest absolute Gasteiger partial charge is 0.251 e. The van der Waals surface area contributed by atoms with Gasteiger partial charge in [-0.25, -0.2) is 0 Å². The van der Waals surface area contributed by atoms with Crippen LogP contribution in [0.1, 0.15) is 33.1 Å². The first-order valence-corrected chi connectivity index (χ1v) is 8.20. The summed E-state index contributed by atoms with van der Waals surface area (Å²) in [5.74, 6) is 1.14. The molecule has 120 valence electrons. The van der Waals surface area contributed by atoms with Crippen LogP contribution in [0.5, 0.6) is 0 Å². The molecule has 2 rings (SSSR count). The molecule has 2 fully saturated rings. The van der Waals surface area contributed by atoms with Crippen LogP contribution in [0.4, 0.5) is 0 Å². The Morgan fingerprint density at radius 1 is 1.24 bits per heavy atom. The van der Waals surface area contributed by atoms with Gasteiger partial charge in [0.05, 0.1) is 0 Å². The van der Waals surface area contributed by atoms with Crippen LogP contribution in [0, 0.1) is 0 Å². The molecule has 0 saturated carbocycles. The van der Waals surface area contributed by atoms with Crippen molar-refractivity contribution in [3.63, 3.8) is 0 Å². The van der Waals surface area contributed by atoms with Gasteiger partial charge in [-0.1, -0.05) is 6.92 Å². The molecular weight excluding hydrogens is 268 g/mol. The predicted octanol–water partition coefficient (Wildman–Crippen LogP) is 0.685. The summed E-state index contributed by atoms with van der Waals surface area (Å²) in [6.07, 6.45) is 2.73. The van der Waals surface area contributed by atoms with Gasteiger partial charge in [0.15, 0.2) is 5.96 Å². The minimum atomic E-state index is -0.196. The molecule has 6 heteroatoms. The molecule has 0 radical (unpaired) electrons. The van der Waals surface area contributed by atoms with E-state index in [0.29, 0.717) is 0 Å². The fourth-order valence-corrected chi connectivity index (χ4v) is 2.76. The van der Waals surface area contributed by atoms with Gasteiger partial charge >= 0.3 is 0 Å². The summed E-state index contributed by atoms with van der Waals surface area (Å²) >= 11 is 0. The first-order valence-electron chi connectivity index (χ1n) is 8.20. The van der Waals surface area contributed by atoms with Crippen LogP contribution in [-0.2, 0) is 9.53 Å². The Labute approximate surface area is 127 Å². The van der Waals surface area contributed by atoms with Gasteiger partial charge in [-0.2, -0.15) is 0 Å². The predicted molar refractivity (Wildman–Crippen MR) is 83.4 cm³/mol. The molecule has 0 aliphatic carbocycles. The van der Waals surface area contributed by atoms with Crippen molar-refractivity contribution in [2.75, 3.05) is 45.9 Å². The molecule has 0 spiro atoms. The Balaban J connectivity index is 1.84. The van der Waals surface area contributed by atoms with Gasteiger partial charge in [0.25, 0.3) is 5.91 Å². The summed E-state index contributed by atoms with van der Waals surface area (Å²) in [6.45, 7) is 9.86. The molecule has 1 N–H and O–H groups in total. The first-order chi connectivity index (χ1) is 10.3. The lowest BCUT2D eigenvalue weighted by Gasteiger charge is -2.37. The van der Waals surface area contributed by atoms with Crippen molar-refractivity contribution in [1.29, 1.82) is 0 Å². The fourth-order valence-electron chi connectivity index (χ4n) is 2.76. The van der Waals surface area contributed by atoms with E-state index in [0.717, 1.165) is 71.1 Å². The Morgan fingerprint density at radius 3 is 2.52 bits per heavy atom. The van der Waals surface area contributed by atoms with E-state index in [-0.39, 0.29) is 12.0 Å². The Morgan fingerprint density at radius 2 is 1.95 bits per heavy atom. The maximum absolute atomic E-state index is 12.3. The van der Waals surface area contributed by atoms with Gasteiger partial charge in [0.2, 0.25) is 0 Å². The lowest BCUT2D eigenvalue weighted by molar-refractivity contribution is -0.142. The summed E-state index contributed by atoms with van der Waals surface area (Å²) in [4.78, 5) is 21.1. The highest BCUT2D eigenvalue weighted by atomic mass is 16.5. The molecule has 21 heavy (non-hydrogen) atoms. The van der Waals surface area contributed by atoms with Crippen LogP contribution in [0.25, 0.3) is 0 Å². The van der Waals surface area contributed by atoms with E-state index in [9.17, 15) is 4.79 Å². The van der Waals surface area contributed by atoms with Crippen LogP contribution in [0.15, 0.2) is 4.99 Å². The van der Waals surface area contributed by atoms with E-state index >= 15 is 0 Å². The molecule has 2 saturated heterocycles. The third kappa shape index (κ3) is 4.33. The van der Waals surface area contributed by atoms with Crippen molar-refractivity contribution in [3.05, 3.63) is 0 Å². The molecule has 1 unspecified atom stereocenters. The molecule has 0 aromatic heterocycles. The first kappa shape index (κ1) is 16.1. The average molecular weight is 296 g/mol. The van der Waals surface area contributed by atoms with Crippen molar-refractivity contribution >= 4 is 11.9 Å². The van der Waals surface area contributed by atoms with Crippen molar-refractivity contribution < 1.29 is 9.53 Å². The second-order valence-electron chi connectivity index (χ2n) is 5.55. The van der Waals surface area contributed by atoms with E-state index in [2.05, 4.69) is 29.1 Å². The second kappa shape index (κ2) is 8.22. The van der Waals surface area contributed by atoms with Crippen LogP contribution in [-0.4, -0.2) is 73.6 Å². The standard InChI is InChI=1S/C15H28N4O2/c1-3-7-17-15(16-4-2)19-10-8-18(9-11-19)14(20)13-6-5-12-21-13/h13H,3-12H2,1-2H3,(H,16,17). The summed E-state index contributed by atoms with van der Waals surface area (Å²) in [7, 11) is 0. The number of aliphatic imine (C=N–C) groups is 1. The zero-order valence-electron chi connectivity index (χ0n) is 13.3. The summed E-state index contributed by atoms with van der Waals surface area (Å²) in [5, 5.41) is 3.33. The SMILES string of the molecule is CCCN=C(NCC)N1CCN(C(=O)C2CCCO2)CC1. The third-order valence-corrected chi connectivity index (χ3v) is 3.92. The van der Waals surface area contributed by atoms with Gasteiger partial charge < -0.3 is 19.9 Å². The second-order valence-corrected chi connectivity index (χ2v) is 5.55. The number of piperazine rings is 1. The van der Waals surface area contributed by atoms with Crippen LogP contribution < -0.4 is 5.32 Å². The summed E-state index contributed by atoms with van der Waals surface area (Å²) < 4.78 is 5.49. The minimum absolute atomic E-state index is 0.169. The Hall–Kier alpha value is -1.30. The fraction of sp³-hybridized carbons (Fsp3) is 0.867. The Bertz CT molecular complexity index is 359. The van der Waals surface area contributed by atoms with E-state index in [1.165, 1.54) is 0 Å². The van der Waals surface area contributed by atoms with E-state index in [1.54, 1.807) is 0 Å². The molecule has 2 aliphatic rings. The summed E-state index contributed by atoms with van der Waals surface area (Å²) in [5.41, 5.74) is 0. The Kier molecular flexibility index (Phi) is 6.29. The maximum atomic E-state index is 12.3. The number of rotatable bonds is 4. The van der Waals surface area contributed by atoms with Gasteiger partial charge in [-0.05, 0) is 26.2 Å². The lowest BCUT2D eigenvalue weighted by Crippen LogP contribution is -2.55. The number of nitrogens with one attached hydrogen (secondary N) is 1. The largest absolute Gasteiger partial charge is 0.368 e. The quantitative estimate of drug-likeness (QED) is 0.612. The lowest BCUT2D eigenvalue weighted by atomic mass is 10.2. The van der Waals surface area contributed by atoms with E-state index < -0.39 is 0 Å². The highest BCUT2D eigenvalue weighted by Gasteiger charge is 2.30. The van der Waals surface area contributed by atoms with Gasteiger partial charge in [0.1, 0.15) is 6.10 Å². The summed E-state index contributed by atoms with van der Waals surface area (Å²) in [6, 6.07) is 0. The molecular formula is C15H28N4O2. The number of guanidine groups is 1. The van der Waals surface area contributed by atoms with Crippen molar-refractivity contribution in [2.45, 2.75) is 39.2 Å². The molecule has 6 nitrogen and oxygen atoms in total. The molecule has 0 bridgehead atoms. The van der Waals surface area contributed by atoms with Crippen molar-refractivity contribution in [3.8, 4) is 0 Å². The average Bonchev–Trinajstić information content (AvgIpc) is 3.05. The van der Waals surface area contributed by atoms with Crippen LogP contribution in [0.3, 0.4) is 0 Å². The van der Waals surface area contributed by atoms with Crippen molar-refractivity contribution in [2.24, 2.45) is 4.99 Å². The number of ether oxygens (including phenoxy) is 1. The van der Waals surface area contributed by atoms with Gasteiger partial charge in [0, 0.05) is 45.9 Å². The topological polar surface area (TPSA) is 57.2 Å². The molecule has 1 atom stereocenters. The van der Waals surface area contributed by atoms with Crippen molar-refractivity contribution in [1.82, 2.24) is 15.1 Å². The van der Waals surface area contributed by atoms with Gasteiger partial charge in [-0.15, -0.1) is 0 Å². The number of hydrogen-bond donors (Lipinski definition) is 1. The molecule has 0 aromatic rings. The molecule has 0 aromatic carbocycles. The number of hydrogen-bond acceptors (Lipinski definition) is 3. The normalized spacial score (nSPS) is 23.5. The molecule has 2 heterocycles. The van der Waals surface area contributed by atoms with E-state index in [1.807, 2.05) is 4.90 Å². The minimum Gasteiger partial charge on any atom is -0.368 e. The third-order valence-electron chi connectivity index (χ3n) is 3.92. The maximum Gasteiger partial charge on any atom is 0.251 e. The van der Waals surface area contributed by atoms with E-state index in [4.69, 9.17) is 4.74 Å². The zero-order chi connectivity index (χ0) is 15.1. The number of carbonyl (C=O) groups excluding carboxylic acids is 1. The zero-order valence-corrected chi connectivity index (χ0v) is 13.3.